The van der Waals surface area contributed by atoms with Crippen molar-refractivity contribution in [3.05, 3.63) is 10.6 Å². The van der Waals surface area contributed by atoms with Crippen LogP contribution in [0.15, 0.2) is 0 Å². The first-order valence-electron chi connectivity index (χ1n) is 7.32. The molecule has 1 aliphatic heterocycles. The maximum Gasteiger partial charge on any atom is 0.185 e. The van der Waals surface area contributed by atoms with Crippen molar-refractivity contribution < 1.29 is 0 Å². The number of hydrogen-bond donors (Lipinski definition) is 1. The van der Waals surface area contributed by atoms with Crippen molar-refractivity contribution in [1.29, 1.82) is 0 Å². The fourth-order valence-electron chi connectivity index (χ4n) is 2.46. The van der Waals surface area contributed by atoms with Crippen LogP contribution in [-0.2, 0) is 0 Å². The minimum atomic E-state index is 0.0858. The standard InChI is InChI=1S/C14H27N5S/c1-11(15)13-12(2)16-14(20-13)19-9-7-18(8-10-19)6-5-17(3)4/h11H,5-10,15H2,1-4H3. The van der Waals surface area contributed by atoms with Crippen LogP contribution in [0.2, 0.25) is 0 Å². The molecule has 1 aromatic heterocycles. The SMILES string of the molecule is Cc1nc(N2CCN(CCN(C)C)CC2)sc1C(C)N. The van der Waals surface area contributed by atoms with E-state index < -0.39 is 0 Å². The first-order chi connectivity index (χ1) is 9.47. The largest absolute Gasteiger partial charge is 0.346 e. The molecule has 1 unspecified atom stereocenters. The van der Waals surface area contributed by atoms with Gasteiger partial charge in [-0.2, -0.15) is 0 Å². The topological polar surface area (TPSA) is 48.6 Å². The maximum absolute atomic E-state index is 5.99. The number of piperazine rings is 1. The second kappa shape index (κ2) is 6.85. The molecule has 5 nitrogen and oxygen atoms in total. The molecule has 1 atom stereocenters. The molecule has 114 valence electrons. The summed E-state index contributed by atoms with van der Waals surface area (Å²) in [7, 11) is 4.26. The Kier molecular flexibility index (Phi) is 5.37. The van der Waals surface area contributed by atoms with Crippen molar-refractivity contribution in [2.24, 2.45) is 5.73 Å². The number of nitrogens with two attached hydrogens (primary N) is 1. The van der Waals surface area contributed by atoms with Crippen molar-refractivity contribution in [2.45, 2.75) is 19.9 Å². The Bertz CT molecular complexity index is 421. The van der Waals surface area contributed by atoms with Gasteiger partial charge in [-0.25, -0.2) is 4.98 Å². The van der Waals surface area contributed by atoms with Crippen LogP contribution in [0, 0.1) is 6.92 Å². The van der Waals surface area contributed by atoms with Gasteiger partial charge in [-0.3, -0.25) is 4.90 Å². The lowest BCUT2D eigenvalue weighted by Crippen LogP contribution is -2.48. The van der Waals surface area contributed by atoms with Crippen LogP contribution in [-0.4, -0.2) is 68.1 Å². The highest BCUT2D eigenvalue weighted by Gasteiger charge is 2.21. The van der Waals surface area contributed by atoms with Crippen molar-refractivity contribution >= 4 is 16.5 Å². The molecule has 0 amide bonds. The maximum atomic E-state index is 5.99. The van der Waals surface area contributed by atoms with Gasteiger partial charge in [0.05, 0.1) is 5.69 Å². The molecule has 0 aliphatic carbocycles. The summed E-state index contributed by atoms with van der Waals surface area (Å²) in [4.78, 5) is 13.1. The van der Waals surface area contributed by atoms with Crippen LogP contribution < -0.4 is 10.6 Å². The van der Waals surface area contributed by atoms with Crippen LogP contribution >= 0.6 is 11.3 Å². The van der Waals surface area contributed by atoms with Crippen LogP contribution in [0.4, 0.5) is 5.13 Å². The van der Waals surface area contributed by atoms with Gasteiger partial charge in [0.25, 0.3) is 0 Å². The van der Waals surface area contributed by atoms with Gasteiger partial charge in [-0.1, -0.05) is 0 Å². The van der Waals surface area contributed by atoms with E-state index in [0.29, 0.717) is 0 Å². The fourth-order valence-corrected chi connectivity index (χ4v) is 3.53. The normalized spacial score (nSPS) is 18.8. The van der Waals surface area contributed by atoms with Gasteiger partial charge in [0.15, 0.2) is 5.13 Å². The van der Waals surface area contributed by atoms with Crippen LogP contribution in [0.3, 0.4) is 0 Å². The summed E-state index contributed by atoms with van der Waals surface area (Å²) < 4.78 is 0. The molecule has 20 heavy (non-hydrogen) atoms. The lowest BCUT2D eigenvalue weighted by molar-refractivity contribution is 0.229. The molecule has 1 saturated heterocycles. The Balaban J connectivity index is 1.89. The Labute approximate surface area is 126 Å². The average molecular weight is 297 g/mol. The van der Waals surface area contributed by atoms with Gasteiger partial charge in [0, 0.05) is 50.2 Å². The monoisotopic (exact) mass is 297 g/mol. The molecule has 0 aromatic carbocycles. The second-order valence-corrected chi connectivity index (χ2v) is 6.88. The van der Waals surface area contributed by atoms with Crippen LogP contribution in [0.5, 0.6) is 0 Å². The molecular weight excluding hydrogens is 270 g/mol. The zero-order valence-corrected chi connectivity index (χ0v) is 13.9. The highest BCUT2D eigenvalue weighted by molar-refractivity contribution is 7.15. The lowest BCUT2D eigenvalue weighted by Gasteiger charge is -2.35. The van der Waals surface area contributed by atoms with Gasteiger partial charge in [0.2, 0.25) is 0 Å². The van der Waals surface area contributed by atoms with E-state index in [1.165, 1.54) is 4.88 Å². The third kappa shape index (κ3) is 3.91. The zero-order valence-electron chi connectivity index (χ0n) is 13.1. The Morgan fingerprint density at radius 2 is 1.95 bits per heavy atom. The van der Waals surface area contributed by atoms with Gasteiger partial charge < -0.3 is 15.5 Å². The van der Waals surface area contributed by atoms with Crippen LogP contribution in [0.25, 0.3) is 0 Å². The van der Waals surface area contributed by atoms with Gasteiger partial charge >= 0.3 is 0 Å². The molecule has 1 aromatic rings. The van der Waals surface area contributed by atoms with Gasteiger partial charge in [-0.05, 0) is 27.9 Å². The molecule has 0 bridgehead atoms. The van der Waals surface area contributed by atoms with E-state index in [0.717, 1.165) is 50.1 Å². The van der Waals surface area contributed by atoms with E-state index in [1.807, 2.05) is 6.92 Å². The Hall–Kier alpha value is -0.690. The third-order valence-corrected chi connectivity index (χ3v) is 5.16. The number of likely N-dealkylation sites (N-methyl/N-ethyl adjacent to an activating group) is 1. The van der Waals surface area contributed by atoms with Crippen molar-refractivity contribution in [2.75, 3.05) is 58.3 Å². The number of aryl methyl sites for hydroxylation is 1. The minimum Gasteiger partial charge on any atom is -0.346 e. The number of hydrogen-bond acceptors (Lipinski definition) is 6. The van der Waals surface area contributed by atoms with E-state index in [4.69, 9.17) is 10.7 Å². The predicted molar refractivity (Wildman–Crippen MR) is 86.7 cm³/mol. The summed E-state index contributed by atoms with van der Waals surface area (Å²) in [5.74, 6) is 0. The van der Waals surface area contributed by atoms with E-state index in [2.05, 4.69) is 35.7 Å². The number of anilines is 1. The van der Waals surface area contributed by atoms with Crippen LogP contribution in [0.1, 0.15) is 23.5 Å². The van der Waals surface area contributed by atoms with Gasteiger partial charge in [0.1, 0.15) is 0 Å². The number of thiazole rings is 1. The smallest absolute Gasteiger partial charge is 0.185 e. The number of aromatic nitrogens is 1. The summed E-state index contributed by atoms with van der Waals surface area (Å²) in [5, 5.41) is 1.14. The molecule has 0 radical (unpaired) electrons. The molecule has 0 spiro atoms. The van der Waals surface area contributed by atoms with Crippen molar-refractivity contribution in [1.82, 2.24) is 14.8 Å². The highest BCUT2D eigenvalue weighted by atomic mass is 32.1. The summed E-state index contributed by atoms with van der Waals surface area (Å²) >= 11 is 1.76. The van der Waals surface area contributed by atoms with E-state index in [-0.39, 0.29) is 6.04 Å². The molecular formula is C14H27N5S. The van der Waals surface area contributed by atoms with Crippen molar-refractivity contribution in [3.8, 4) is 0 Å². The second-order valence-electron chi connectivity index (χ2n) is 5.87. The number of nitrogens with zero attached hydrogens (tertiary/aromatic N) is 4. The van der Waals surface area contributed by atoms with E-state index >= 15 is 0 Å². The minimum absolute atomic E-state index is 0.0858. The molecule has 6 heteroatoms. The zero-order chi connectivity index (χ0) is 14.7. The number of rotatable bonds is 5. The van der Waals surface area contributed by atoms with Crippen molar-refractivity contribution in [3.63, 3.8) is 0 Å². The summed E-state index contributed by atoms with van der Waals surface area (Å²) in [6.07, 6.45) is 0. The summed E-state index contributed by atoms with van der Waals surface area (Å²) in [5.41, 5.74) is 7.08. The molecule has 2 N–H and O–H groups in total. The summed E-state index contributed by atoms with van der Waals surface area (Å²) in [6.45, 7) is 10.8. The average Bonchev–Trinajstić information content (AvgIpc) is 2.79. The Morgan fingerprint density at radius 1 is 1.30 bits per heavy atom. The quantitative estimate of drug-likeness (QED) is 0.884. The first kappa shape index (κ1) is 15.7. The van der Waals surface area contributed by atoms with E-state index in [9.17, 15) is 0 Å². The predicted octanol–water partition coefficient (Wildman–Crippen LogP) is 1.15. The molecule has 2 heterocycles. The first-order valence-corrected chi connectivity index (χ1v) is 8.14. The molecule has 1 aliphatic rings. The third-order valence-electron chi connectivity index (χ3n) is 3.74. The summed E-state index contributed by atoms with van der Waals surface area (Å²) in [6, 6.07) is 0.0858. The Morgan fingerprint density at radius 3 is 2.45 bits per heavy atom. The lowest BCUT2D eigenvalue weighted by atomic mass is 10.2. The highest BCUT2D eigenvalue weighted by Crippen LogP contribution is 2.30. The molecule has 1 fully saturated rings. The molecule has 0 saturated carbocycles. The van der Waals surface area contributed by atoms with Gasteiger partial charge in [-0.15, -0.1) is 11.3 Å². The van der Waals surface area contributed by atoms with E-state index in [1.54, 1.807) is 11.3 Å². The molecule has 2 rings (SSSR count). The fraction of sp³-hybridized carbons (Fsp3) is 0.786.